The fraction of sp³-hybridized carbons (Fsp3) is 0.130. The van der Waals surface area contributed by atoms with E-state index in [9.17, 15) is 18.0 Å². The van der Waals surface area contributed by atoms with Crippen LogP contribution in [-0.4, -0.2) is 24.1 Å². The highest BCUT2D eigenvalue weighted by Crippen LogP contribution is 2.34. The second-order valence-corrected chi connectivity index (χ2v) is 7.48. The predicted octanol–water partition coefficient (Wildman–Crippen LogP) is 4.62. The van der Waals surface area contributed by atoms with Crippen LogP contribution in [0.25, 0.3) is 22.1 Å². The second kappa shape index (κ2) is 7.73. The van der Waals surface area contributed by atoms with Crippen LogP contribution in [0.1, 0.15) is 24.2 Å². The van der Waals surface area contributed by atoms with Crippen molar-refractivity contribution in [2.75, 3.05) is 5.32 Å². The van der Waals surface area contributed by atoms with Crippen LogP contribution in [0.3, 0.4) is 0 Å². The third-order valence-corrected chi connectivity index (χ3v) is 5.38. The molecule has 3 heterocycles. The number of rotatable bonds is 4. The van der Waals surface area contributed by atoms with E-state index in [4.69, 9.17) is 0 Å². The van der Waals surface area contributed by atoms with Crippen molar-refractivity contribution in [2.45, 2.75) is 19.1 Å². The summed E-state index contributed by atoms with van der Waals surface area (Å²) in [6, 6.07) is 15.1. The number of alkyl halides is 3. The standard InChI is InChI=1S/C23H17F3N6O/c1-14(30-22-28-13-27-19-10-11-29-32(19)22)18-12-15-6-5-9-17(23(24,25)26)20(15)21(33)31(18)16-7-3-2-4-8-16/h2-14H,1H3,(H,27,28,30)/t14-/m0/s1. The molecule has 5 aromatic rings. The van der Waals surface area contributed by atoms with Gasteiger partial charge in [-0.15, -0.1) is 0 Å². The van der Waals surface area contributed by atoms with E-state index in [-0.39, 0.29) is 10.8 Å². The molecule has 166 valence electrons. The molecule has 0 aliphatic carbocycles. The zero-order valence-electron chi connectivity index (χ0n) is 17.3. The highest BCUT2D eigenvalue weighted by molar-refractivity contribution is 5.86. The van der Waals surface area contributed by atoms with Gasteiger partial charge in [0.15, 0.2) is 5.65 Å². The van der Waals surface area contributed by atoms with Gasteiger partial charge in [0.2, 0.25) is 5.95 Å². The van der Waals surface area contributed by atoms with Crippen molar-refractivity contribution in [3.05, 3.63) is 94.8 Å². The van der Waals surface area contributed by atoms with Gasteiger partial charge < -0.3 is 5.32 Å². The first kappa shape index (κ1) is 20.7. The van der Waals surface area contributed by atoms with E-state index < -0.39 is 23.3 Å². The summed E-state index contributed by atoms with van der Waals surface area (Å²) in [6.45, 7) is 1.80. The summed E-state index contributed by atoms with van der Waals surface area (Å²) < 4.78 is 43.9. The lowest BCUT2D eigenvalue weighted by molar-refractivity contribution is -0.136. The summed E-state index contributed by atoms with van der Waals surface area (Å²) >= 11 is 0. The summed E-state index contributed by atoms with van der Waals surface area (Å²) in [7, 11) is 0. The number of fused-ring (bicyclic) bond motifs is 2. The van der Waals surface area contributed by atoms with E-state index in [1.54, 1.807) is 55.6 Å². The first-order chi connectivity index (χ1) is 15.8. The average Bonchev–Trinajstić information content (AvgIpc) is 3.28. The van der Waals surface area contributed by atoms with Crippen LogP contribution in [0.5, 0.6) is 0 Å². The molecule has 5 rings (SSSR count). The maximum Gasteiger partial charge on any atom is 0.417 e. The lowest BCUT2D eigenvalue weighted by Crippen LogP contribution is -2.27. The summed E-state index contributed by atoms with van der Waals surface area (Å²) in [5, 5.41) is 7.22. The minimum atomic E-state index is -4.66. The zero-order chi connectivity index (χ0) is 23.2. The van der Waals surface area contributed by atoms with Crippen LogP contribution in [0, 0.1) is 0 Å². The Morgan fingerprint density at radius 3 is 2.55 bits per heavy atom. The molecule has 10 heteroatoms. The third-order valence-electron chi connectivity index (χ3n) is 5.38. The molecule has 2 aromatic carbocycles. The minimum Gasteiger partial charge on any atom is -0.346 e. The van der Waals surface area contributed by atoms with E-state index in [0.29, 0.717) is 23.0 Å². The van der Waals surface area contributed by atoms with Crippen LogP contribution in [0.4, 0.5) is 19.1 Å². The van der Waals surface area contributed by atoms with Crippen molar-refractivity contribution in [2.24, 2.45) is 0 Å². The van der Waals surface area contributed by atoms with Crippen LogP contribution in [0.2, 0.25) is 0 Å². The van der Waals surface area contributed by atoms with Crippen LogP contribution in [0.15, 0.2) is 78.0 Å². The predicted molar refractivity (Wildman–Crippen MR) is 117 cm³/mol. The molecule has 0 spiro atoms. The number of anilines is 1. The lowest BCUT2D eigenvalue weighted by Gasteiger charge is -2.22. The number of hydrogen-bond donors (Lipinski definition) is 1. The number of halogens is 3. The Labute approximate surface area is 185 Å². The normalized spacial score (nSPS) is 12.8. The van der Waals surface area contributed by atoms with Gasteiger partial charge in [0.1, 0.15) is 6.33 Å². The Morgan fingerprint density at radius 2 is 1.79 bits per heavy atom. The van der Waals surface area contributed by atoms with Gasteiger partial charge in [0, 0.05) is 17.4 Å². The molecule has 3 aromatic heterocycles. The van der Waals surface area contributed by atoms with Gasteiger partial charge in [-0.3, -0.25) is 9.36 Å². The fourth-order valence-corrected chi connectivity index (χ4v) is 3.90. The van der Waals surface area contributed by atoms with Crippen molar-refractivity contribution < 1.29 is 13.2 Å². The summed E-state index contributed by atoms with van der Waals surface area (Å²) in [4.78, 5) is 21.9. The van der Waals surface area contributed by atoms with Crippen molar-refractivity contribution in [3.63, 3.8) is 0 Å². The number of nitrogens with one attached hydrogen (secondary N) is 1. The average molecular weight is 450 g/mol. The second-order valence-electron chi connectivity index (χ2n) is 7.48. The highest BCUT2D eigenvalue weighted by Gasteiger charge is 2.34. The smallest absolute Gasteiger partial charge is 0.346 e. The molecular formula is C23H17F3N6O. The quantitative estimate of drug-likeness (QED) is 0.432. The van der Waals surface area contributed by atoms with Crippen molar-refractivity contribution >= 4 is 22.4 Å². The Kier molecular flexibility index (Phi) is 4.85. The summed E-state index contributed by atoms with van der Waals surface area (Å²) in [6.07, 6.45) is -1.70. The number of benzene rings is 2. The molecular weight excluding hydrogens is 433 g/mol. The minimum absolute atomic E-state index is 0.206. The summed E-state index contributed by atoms with van der Waals surface area (Å²) in [5.41, 5.74) is -0.208. The fourth-order valence-electron chi connectivity index (χ4n) is 3.90. The number of aromatic nitrogens is 5. The van der Waals surface area contributed by atoms with Gasteiger partial charge in [0.25, 0.3) is 5.56 Å². The van der Waals surface area contributed by atoms with E-state index >= 15 is 0 Å². The van der Waals surface area contributed by atoms with Crippen LogP contribution < -0.4 is 10.9 Å². The van der Waals surface area contributed by atoms with Gasteiger partial charge >= 0.3 is 6.18 Å². The molecule has 1 N–H and O–H groups in total. The molecule has 0 radical (unpaired) electrons. The molecule has 0 aliphatic heterocycles. The third kappa shape index (κ3) is 3.59. The van der Waals surface area contributed by atoms with Gasteiger partial charge in [-0.05, 0) is 36.6 Å². The SMILES string of the molecule is C[C@H](Nc1ncnc2ccnn12)c1cc2cccc(C(F)(F)F)c2c(=O)n1-c1ccccc1. The summed E-state index contributed by atoms with van der Waals surface area (Å²) in [5.74, 6) is 0.383. The van der Waals surface area contributed by atoms with Crippen molar-refractivity contribution in [3.8, 4) is 5.69 Å². The number of nitrogens with zero attached hydrogens (tertiary/aromatic N) is 5. The zero-order valence-corrected chi connectivity index (χ0v) is 17.3. The molecule has 0 aliphatic rings. The van der Waals surface area contributed by atoms with Gasteiger partial charge in [-0.1, -0.05) is 30.3 Å². The molecule has 0 amide bonds. The molecule has 0 bridgehead atoms. The first-order valence-electron chi connectivity index (χ1n) is 10.1. The van der Waals surface area contributed by atoms with E-state index in [0.717, 1.165) is 6.07 Å². The number of hydrogen-bond acceptors (Lipinski definition) is 5. The number of pyridine rings is 1. The number of para-hydroxylation sites is 1. The molecule has 0 saturated heterocycles. The van der Waals surface area contributed by atoms with Crippen LogP contribution in [-0.2, 0) is 6.18 Å². The Morgan fingerprint density at radius 1 is 1.00 bits per heavy atom. The molecule has 0 saturated carbocycles. The molecule has 7 nitrogen and oxygen atoms in total. The van der Waals surface area contributed by atoms with Gasteiger partial charge in [-0.2, -0.15) is 22.8 Å². The Hall–Kier alpha value is -4.21. The molecule has 1 atom stereocenters. The van der Waals surface area contributed by atoms with Gasteiger partial charge in [-0.25, -0.2) is 9.97 Å². The monoisotopic (exact) mass is 450 g/mol. The van der Waals surface area contributed by atoms with E-state index in [2.05, 4.69) is 20.4 Å². The van der Waals surface area contributed by atoms with E-state index in [1.807, 2.05) is 0 Å². The highest BCUT2D eigenvalue weighted by atomic mass is 19.4. The molecule has 33 heavy (non-hydrogen) atoms. The topological polar surface area (TPSA) is 77.1 Å². The first-order valence-corrected chi connectivity index (χ1v) is 10.1. The molecule has 0 unspecified atom stereocenters. The Balaban J connectivity index is 1.74. The Bertz CT molecular complexity index is 1520. The van der Waals surface area contributed by atoms with Crippen molar-refractivity contribution in [1.29, 1.82) is 0 Å². The molecule has 0 fully saturated rings. The maximum atomic E-state index is 13.7. The largest absolute Gasteiger partial charge is 0.417 e. The lowest BCUT2D eigenvalue weighted by atomic mass is 10.0. The maximum absolute atomic E-state index is 13.7. The van der Waals surface area contributed by atoms with Crippen LogP contribution >= 0.6 is 0 Å². The van der Waals surface area contributed by atoms with E-state index in [1.165, 1.54) is 27.5 Å². The van der Waals surface area contributed by atoms with Gasteiger partial charge in [0.05, 0.1) is 23.2 Å². The van der Waals surface area contributed by atoms with Crippen molar-refractivity contribution in [1.82, 2.24) is 24.1 Å².